The molecule has 8 heteroatoms. The minimum Gasteiger partial charge on any atom is -0.497 e. The molecule has 2 aromatic rings. The molecule has 0 fully saturated rings. The van der Waals surface area contributed by atoms with Crippen molar-refractivity contribution >= 4 is 17.3 Å². The van der Waals surface area contributed by atoms with Crippen LogP contribution < -0.4 is 10.1 Å². The number of halogens is 3. The summed E-state index contributed by atoms with van der Waals surface area (Å²) in [6.45, 7) is -0.876. The fourth-order valence-electron chi connectivity index (χ4n) is 2.05. The molecule has 0 spiro atoms. The zero-order valence-electron chi connectivity index (χ0n) is 13.0. The molecule has 0 saturated heterocycles. The fraction of sp³-hybridized carbons (Fsp3) is 0.312. The minimum absolute atomic E-state index is 0.0135. The van der Waals surface area contributed by atoms with Gasteiger partial charge in [0.1, 0.15) is 18.1 Å². The number of thiocarbonyl (C=S) groups is 1. The molecule has 0 atom stereocenters. The van der Waals surface area contributed by atoms with Crippen LogP contribution in [0.2, 0.25) is 0 Å². The molecule has 0 bridgehead atoms. The lowest BCUT2D eigenvalue weighted by Crippen LogP contribution is -2.43. The van der Waals surface area contributed by atoms with Crippen LogP contribution in [0.1, 0.15) is 11.3 Å². The first-order chi connectivity index (χ1) is 11.4. The Morgan fingerprint density at radius 2 is 1.96 bits per heavy atom. The maximum Gasteiger partial charge on any atom is 0.406 e. The minimum atomic E-state index is -4.36. The third-order valence-corrected chi connectivity index (χ3v) is 3.59. The van der Waals surface area contributed by atoms with E-state index in [0.717, 1.165) is 4.90 Å². The van der Waals surface area contributed by atoms with E-state index in [1.165, 1.54) is 13.4 Å². The van der Waals surface area contributed by atoms with Gasteiger partial charge in [0.25, 0.3) is 0 Å². The van der Waals surface area contributed by atoms with Crippen molar-refractivity contribution in [1.82, 2.24) is 10.2 Å². The predicted molar refractivity (Wildman–Crippen MR) is 87.6 cm³/mol. The van der Waals surface area contributed by atoms with Crippen molar-refractivity contribution in [1.29, 1.82) is 0 Å². The van der Waals surface area contributed by atoms with Crippen molar-refractivity contribution in [2.24, 2.45) is 0 Å². The third kappa shape index (κ3) is 5.77. The van der Waals surface area contributed by atoms with Crippen LogP contribution in [0.15, 0.2) is 47.1 Å². The number of ether oxygens (including phenoxy) is 1. The summed E-state index contributed by atoms with van der Waals surface area (Å²) in [5, 5.41) is 2.80. The Hall–Kier alpha value is -2.22. The first kappa shape index (κ1) is 18.1. The maximum atomic E-state index is 12.8. The largest absolute Gasteiger partial charge is 0.497 e. The Morgan fingerprint density at radius 3 is 2.50 bits per heavy atom. The number of rotatable bonds is 6. The summed E-state index contributed by atoms with van der Waals surface area (Å²) < 4.78 is 48.7. The first-order valence-corrected chi connectivity index (χ1v) is 7.53. The van der Waals surface area contributed by atoms with Gasteiger partial charge in [-0.3, -0.25) is 0 Å². The molecule has 1 aromatic heterocycles. The molecule has 0 radical (unpaired) electrons. The second-order valence-electron chi connectivity index (χ2n) is 5.06. The summed E-state index contributed by atoms with van der Waals surface area (Å²) in [4.78, 5) is 1.07. The average molecular weight is 358 g/mol. The Balaban J connectivity index is 2.03. The molecule has 0 amide bonds. The van der Waals surface area contributed by atoms with E-state index in [-0.39, 0.29) is 18.2 Å². The van der Waals surface area contributed by atoms with Crippen LogP contribution in [-0.2, 0) is 13.1 Å². The Labute approximate surface area is 143 Å². The fourth-order valence-corrected chi connectivity index (χ4v) is 2.26. The summed E-state index contributed by atoms with van der Waals surface area (Å²) in [6, 6.07) is 10.2. The van der Waals surface area contributed by atoms with Crippen LogP contribution >= 0.6 is 12.2 Å². The van der Waals surface area contributed by atoms with E-state index >= 15 is 0 Å². The van der Waals surface area contributed by atoms with Gasteiger partial charge in [-0.2, -0.15) is 13.2 Å². The Morgan fingerprint density at radius 1 is 1.25 bits per heavy atom. The topological polar surface area (TPSA) is 37.6 Å². The van der Waals surface area contributed by atoms with Crippen molar-refractivity contribution in [2.75, 3.05) is 13.7 Å². The highest BCUT2D eigenvalue weighted by molar-refractivity contribution is 7.80. The second kappa shape index (κ2) is 8.05. The number of furan rings is 1. The third-order valence-electron chi connectivity index (χ3n) is 3.18. The quantitative estimate of drug-likeness (QED) is 0.797. The van der Waals surface area contributed by atoms with Crippen molar-refractivity contribution in [3.05, 3.63) is 54.0 Å². The zero-order chi connectivity index (χ0) is 17.6. The summed E-state index contributed by atoms with van der Waals surface area (Å²) in [5.41, 5.74) is 0.696. The first-order valence-electron chi connectivity index (χ1n) is 7.12. The van der Waals surface area contributed by atoms with E-state index in [2.05, 4.69) is 5.32 Å². The van der Waals surface area contributed by atoms with Crippen LogP contribution in [0, 0.1) is 0 Å². The summed E-state index contributed by atoms with van der Waals surface area (Å²) in [7, 11) is 1.53. The van der Waals surface area contributed by atoms with Crippen molar-refractivity contribution < 1.29 is 22.3 Å². The van der Waals surface area contributed by atoms with E-state index in [4.69, 9.17) is 21.4 Å². The molecule has 0 aliphatic heterocycles. The summed E-state index contributed by atoms with van der Waals surface area (Å²) in [6.07, 6.45) is -2.87. The predicted octanol–water partition coefficient (Wildman–Crippen LogP) is 3.73. The highest BCUT2D eigenvalue weighted by Crippen LogP contribution is 2.19. The van der Waals surface area contributed by atoms with E-state index < -0.39 is 12.7 Å². The van der Waals surface area contributed by atoms with Crippen LogP contribution in [0.5, 0.6) is 5.75 Å². The number of nitrogens with zero attached hydrogens (tertiary/aromatic N) is 1. The average Bonchev–Trinajstić information content (AvgIpc) is 3.05. The van der Waals surface area contributed by atoms with E-state index in [9.17, 15) is 13.2 Å². The normalized spacial score (nSPS) is 11.2. The van der Waals surface area contributed by atoms with Gasteiger partial charge in [0.2, 0.25) is 0 Å². The Bertz CT molecular complexity index is 642. The molecule has 0 unspecified atom stereocenters. The van der Waals surface area contributed by atoms with Gasteiger partial charge < -0.3 is 19.4 Å². The lowest BCUT2D eigenvalue weighted by Gasteiger charge is -2.27. The van der Waals surface area contributed by atoms with Gasteiger partial charge >= 0.3 is 6.18 Å². The van der Waals surface area contributed by atoms with Crippen LogP contribution in [-0.4, -0.2) is 29.8 Å². The van der Waals surface area contributed by atoms with Gasteiger partial charge in [-0.05, 0) is 42.0 Å². The number of hydrogen-bond donors (Lipinski definition) is 1. The lowest BCUT2D eigenvalue weighted by molar-refractivity contribution is -0.138. The van der Waals surface area contributed by atoms with Crippen LogP contribution in [0.3, 0.4) is 0 Å². The monoisotopic (exact) mass is 358 g/mol. The van der Waals surface area contributed by atoms with Gasteiger partial charge in [0.05, 0.1) is 19.9 Å². The van der Waals surface area contributed by atoms with Gasteiger partial charge in [-0.15, -0.1) is 0 Å². The number of nitrogens with one attached hydrogen (secondary N) is 1. The summed E-state index contributed by atoms with van der Waals surface area (Å²) in [5.74, 6) is 1.23. The number of hydrogen-bond acceptors (Lipinski definition) is 3. The zero-order valence-corrected chi connectivity index (χ0v) is 13.8. The van der Waals surface area contributed by atoms with Gasteiger partial charge in [-0.25, -0.2) is 0 Å². The van der Waals surface area contributed by atoms with E-state index in [0.29, 0.717) is 17.1 Å². The molecule has 1 aromatic carbocycles. The molecular weight excluding hydrogens is 341 g/mol. The van der Waals surface area contributed by atoms with Crippen LogP contribution in [0.25, 0.3) is 0 Å². The molecule has 0 aliphatic carbocycles. The molecule has 2 rings (SSSR count). The second-order valence-corrected chi connectivity index (χ2v) is 5.44. The van der Waals surface area contributed by atoms with E-state index in [1.807, 2.05) is 0 Å². The molecule has 130 valence electrons. The molecule has 0 aliphatic rings. The molecule has 1 N–H and O–H groups in total. The highest BCUT2D eigenvalue weighted by Gasteiger charge is 2.32. The van der Waals surface area contributed by atoms with Crippen molar-refractivity contribution in [2.45, 2.75) is 19.3 Å². The van der Waals surface area contributed by atoms with Crippen molar-refractivity contribution in [3.8, 4) is 5.75 Å². The van der Waals surface area contributed by atoms with Gasteiger partial charge in [0.15, 0.2) is 5.11 Å². The molecule has 4 nitrogen and oxygen atoms in total. The maximum absolute atomic E-state index is 12.8. The lowest BCUT2D eigenvalue weighted by atomic mass is 10.2. The number of alkyl halides is 3. The van der Waals surface area contributed by atoms with Crippen molar-refractivity contribution in [3.63, 3.8) is 0 Å². The summed E-state index contributed by atoms with van der Waals surface area (Å²) >= 11 is 5.11. The smallest absolute Gasteiger partial charge is 0.406 e. The molecule has 0 saturated carbocycles. The highest BCUT2D eigenvalue weighted by atomic mass is 32.1. The van der Waals surface area contributed by atoms with E-state index in [1.54, 1.807) is 36.4 Å². The van der Waals surface area contributed by atoms with Crippen LogP contribution in [0.4, 0.5) is 13.2 Å². The Kier molecular flexibility index (Phi) is 6.08. The molecular formula is C16H17F3N2O2S. The number of benzene rings is 1. The van der Waals surface area contributed by atoms with Gasteiger partial charge in [-0.1, -0.05) is 12.1 Å². The number of methoxy groups -OCH3 is 1. The van der Waals surface area contributed by atoms with Gasteiger partial charge in [0, 0.05) is 6.54 Å². The standard InChI is InChI=1S/C16H17F3N2O2S/c1-22-13-6-4-12(5-7-13)10-21(11-16(17,18)19)15(24)20-9-14-3-2-8-23-14/h2-8H,9-11H2,1H3,(H,20,24). The molecule has 1 heterocycles. The SMILES string of the molecule is COc1ccc(CN(CC(F)(F)F)C(=S)NCc2ccco2)cc1. The molecule has 24 heavy (non-hydrogen) atoms.